The van der Waals surface area contributed by atoms with Gasteiger partial charge < -0.3 is 5.32 Å². The number of nitrogens with one attached hydrogen (secondary N) is 1. The van der Waals surface area contributed by atoms with Crippen molar-refractivity contribution in [3.8, 4) is 0 Å². The molecule has 1 aromatic heterocycles. The van der Waals surface area contributed by atoms with Crippen molar-refractivity contribution in [1.82, 2.24) is 5.32 Å². The van der Waals surface area contributed by atoms with Crippen LogP contribution < -0.4 is 5.32 Å². The standard InChI is InChI=1S/C18H27NS/c1-3-4-5-6-7-8-12-16(19-2)18-14-15-11-9-10-13-17(15)20-18/h9-11,13-14,16,19H,3-8,12H2,1-2H3. The van der Waals surface area contributed by atoms with Gasteiger partial charge in [-0.05, 0) is 31.0 Å². The van der Waals surface area contributed by atoms with Gasteiger partial charge in [-0.1, -0.05) is 63.6 Å². The van der Waals surface area contributed by atoms with E-state index in [1.54, 1.807) is 0 Å². The molecular formula is C18H27NS. The lowest BCUT2D eigenvalue weighted by Gasteiger charge is -2.14. The number of benzene rings is 1. The summed E-state index contributed by atoms with van der Waals surface area (Å²) in [7, 11) is 2.09. The molecule has 1 unspecified atom stereocenters. The highest BCUT2D eigenvalue weighted by molar-refractivity contribution is 7.19. The molecule has 0 radical (unpaired) electrons. The van der Waals surface area contributed by atoms with Crippen LogP contribution in [0.2, 0.25) is 0 Å². The summed E-state index contributed by atoms with van der Waals surface area (Å²) in [6, 6.07) is 11.6. The Morgan fingerprint density at radius 3 is 2.55 bits per heavy atom. The van der Waals surface area contributed by atoms with E-state index in [0.29, 0.717) is 6.04 Å². The molecule has 20 heavy (non-hydrogen) atoms. The molecule has 1 aromatic carbocycles. The first-order valence-electron chi connectivity index (χ1n) is 8.01. The molecule has 0 saturated carbocycles. The second kappa shape index (κ2) is 8.43. The van der Waals surface area contributed by atoms with Crippen molar-refractivity contribution in [2.24, 2.45) is 0 Å². The van der Waals surface area contributed by atoms with Crippen molar-refractivity contribution >= 4 is 21.4 Å². The van der Waals surface area contributed by atoms with Gasteiger partial charge in [0.25, 0.3) is 0 Å². The van der Waals surface area contributed by atoms with E-state index in [9.17, 15) is 0 Å². The van der Waals surface area contributed by atoms with Gasteiger partial charge in [-0.2, -0.15) is 0 Å². The van der Waals surface area contributed by atoms with Gasteiger partial charge in [0.05, 0.1) is 0 Å². The normalized spacial score (nSPS) is 12.9. The highest BCUT2D eigenvalue weighted by Gasteiger charge is 2.12. The van der Waals surface area contributed by atoms with Crippen molar-refractivity contribution in [3.05, 3.63) is 35.2 Å². The first-order valence-corrected chi connectivity index (χ1v) is 8.82. The minimum atomic E-state index is 0.526. The van der Waals surface area contributed by atoms with Crippen LogP contribution in [0.5, 0.6) is 0 Å². The van der Waals surface area contributed by atoms with Crippen LogP contribution in [0.4, 0.5) is 0 Å². The Kier molecular flexibility index (Phi) is 6.55. The molecule has 0 aliphatic carbocycles. The zero-order valence-electron chi connectivity index (χ0n) is 12.8. The van der Waals surface area contributed by atoms with Crippen molar-refractivity contribution in [2.45, 2.75) is 57.9 Å². The first kappa shape index (κ1) is 15.5. The van der Waals surface area contributed by atoms with Gasteiger partial charge in [-0.25, -0.2) is 0 Å². The molecule has 0 spiro atoms. The van der Waals surface area contributed by atoms with E-state index < -0.39 is 0 Å². The number of hydrogen-bond donors (Lipinski definition) is 1. The Balaban J connectivity index is 1.84. The lowest BCUT2D eigenvalue weighted by molar-refractivity contribution is 0.503. The van der Waals surface area contributed by atoms with Crippen LogP contribution in [0.3, 0.4) is 0 Å². The third kappa shape index (κ3) is 4.32. The highest BCUT2D eigenvalue weighted by Crippen LogP contribution is 2.32. The minimum Gasteiger partial charge on any atom is -0.312 e. The highest BCUT2D eigenvalue weighted by atomic mass is 32.1. The predicted octanol–water partition coefficient (Wildman–Crippen LogP) is 5.91. The van der Waals surface area contributed by atoms with E-state index in [-0.39, 0.29) is 0 Å². The molecule has 0 aliphatic rings. The van der Waals surface area contributed by atoms with Crippen LogP contribution >= 0.6 is 11.3 Å². The molecule has 0 aliphatic heterocycles. The predicted molar refractivity (Wildman–Crippen MR) is 91.6 cm³/mol. The summed E-state index contributed by atoms with van der Waals surface area (Å²) in [5, 5.41) is 4.88. The zero-order valence-corrected chi connectivity index (χ0v) is 13.6. The van der Waals surface area contributed by atoms with E-state index in [1.807, 2.05) is 11.3 Å². The number of hydrogen-bond acceptors (Lipinski definition) is 2. The first-order chi connectivity index (χ1) is 9.85. The van der Waals surface area contributed by atoms with Gasteiger partial charge in [0.1, 0.15) is 0 Å². The summed E-state index contributed by atoms with van der Waals surface area (Å²) < 4.78 is 1.41. The third-order valence-electron chi connectivity index (χ3n) is 3.98. The number of rotatable bonds is 9. The molecule has 0 saturated heterocycles. The van der Waals surface area contributed by atoms with Crippen LogP contribution in [0.1, 0.15) is 62.8 Å². The summed E-state index contributed by atoms with van der Waals surface area (Å²) in [6.45, 7) is 2.28. The summed E-state index contributed by atoms with van der Waals surface area (Å²) in [6.07, 6.45) is 9.51. The topological polar surface area (TPSA) is 12.0 Å². The average Bonchev–Trinajstić information content (AvgIpc) is 2.90. The van der Waals surface area contributed by atoms with E-state index in [0.717, 1.165) is 0 Å². The van der Waals surface area contributed by atoms with E-state index >= 15 is 0 Å². The summed E-state index contributed by atoms with van der Waals surface area (Å²) >= 11 is 1.94. The molecular weight excluding hydrogens is 262 g/mol. The van der Waals surface area contributed by atoms with Gasteiger partial charge in [-0.15, -0.1) is 11.3 Å². The molecule has 0 amide bonds. The van der Waals surface area contributed by atoms with Gasteiger partial charge in [0.2, 0.25) is 0 Å². The molecule has 0 bridgehead atoms. The smallest absolute Gasteiger partial charge is 0.0412 e. The zero-order chi connectivity index (χ0) is 14.2. The van der Waals surface area contributed by atoms with Gasteiger partial charge >= 0.3 is 0 Å². The van der Waals surface area contributed by atoms with Crippen LogP contribution in [0, 0.1) is 0 Å². The van der Waals surface area contributed by atoms with Crippen molar-refractivity contribution < 1.29 is 0 Å². The summed E-state index contributed by atoms with van der Waals surface area (Å²) in [5.74, 6) is 0. The summed E-state index contributed by atoms with van der Waals surface area (Å²) in [4.78, 5) is 1.49. The maximum absolute atomic E-state index is 3.49. The van der Waals surface area contributed by atoms with Crippen LogP contribution in [-0.2, 0) is 0 Å². The Labute approximate surface area is 127 Å². The maximum atomic E-state index is 3.49. The molecule has 1 nitrogen and oxygen atoms in total. The second-order valence-electron chi connectivity index (χ2n) is 5.58. The Morgan fingerprint density at radius 2 is 1.80 bits per heavy atom. The lowest BCUT2D eigenvalue weighted by atomic mass is 10.0. The molecule has 1 N–H and O–H groups in total. The molecule has 0 fully saturated rings. The monoisotopic (exact) mass is 289 g/mol. The quantitative estimate of drug-likeness (QED) is 0.566. The van der Waals surface area contributed by atoms with Crippen LogP contribution in [-0.4, -0.2) is 7.05 Å². The number of thiophene rings is 1. The SMILES string of the molecule is CCCCCCCCC(NC)c1cc2ccccc2s1. The van der Waals surface area contributed by atoms with Crippen molar-refractivity contribution in [1.29, 1.82) is 0 Å². The minimum absolute atomic E-state index is 0.526. The maximum Gasteiger partial charge on any atom is 0.0412 e. The van der Waals surface area contributed by atoms with Gasteiger partial charge in [0.15, 0.2) is 0 Å². The second-order valence-corrected chi connectivity index (χ2v) is 6.70. The largest absolute Gasteiger partial charge is 0.312 e. The van der Waals surface area contributed by atoms with E-state index in [1.165, 1.54) is 59.9 Å². The van der Waals surface area contributed by atoms with Crippen LogP contribution in [0.15, 0.2) is 30.3 Å². The average molecular weight is 289 g/mol. The van der Waals surface area contributed by atoms with E-state index in [4.69, 9.17) is 0 Å². The lowest BCUT2D eigenvalue weighted by Crippen LogP contribution is -2.14. The number of fused-ring (bicyclic) bond motifs is 1. The third-order valence-corrected chi connectivity index (χ3v) is 5.21. The molecule has 110 valence electrons. The molecule has 2 aromatic rings. The van der Waals surface area contributed by atoms with E-state index in [2.05, 4.69) is 49.6 Å². The Bertz CT molecular complexity index is 470. The number of unbranched alkanes of at least 4 members (excludes halogenated alkanes) is 5. The fourth-order valence-corrected chi connectivity index (χ4v) is 3.94. The molecule has 2 heteroatoms. The van der Waals surface area contributed by atoms with Gasteiger partial charge in [0, 0.05) is 15.6 Å². The molecule has 1 heterocycles. The fraction of sp³-hybridized carbons (Fsp3) is 0.556. The fourth-order valence-electron chi connectivity index (χ4n) is 2.73. The van der Waals surface area contributed by atoms with Crippen LogP contribution in [0.25, 0.3) is 10.1 Å². The van der Waals surface area contributed by atoms with Crippen molar-refractivity contribution in [3.63, 3.8) is 0 Å². The summed E-state index contributed by atoms with van der Waals surface area (Å²) in [5.41, 5.74) is 0. The molecule has 1 atom stereocenters. The molecule has 2 rings (SSSR count). The van der Waals surface area contributed by atoms with Gasteiger partial charge in [-0.3, -0.25) is 0 Å². The Morgan fingerprint density at radius 1 is 1.05 bits per heavy atom. The van der Waals surface area contributed by atoms with Crippen molar-refractivity contribution in [2.75, 3.05) is 7.05 Å². The Hall–Kier alpha value is -0.860.